The van der Waals surface area contributed by atoms with Gasteiger partial charge in [0.25, 0.3) is 0 Å². The van der Waals surface area contributed by atoms with Crippen molar-refractivity contribution in [2.75, 3.05) is 64.4 Å². The normalized spacial score (nSPS) is 16.6. The number of thioether (sulfide) groups is 1. The molecule has 0 amide bonds. The molecule has 0 spiro atoms. The molecule has 1 aromatic carbocycles. The van der Waals surface area contributed by atoms with Crippen molar-refractivity contribution >= 4 is 17.7 Å². The van der Waals surface area contributed by atoms with Crippen LogP contribution in [0.1, 0.15) is 18.9 Å². The molecule has 6 heteroatoms. The van der Waals surface area contributed by atoms with E-state index in [1.165, 1.54) is 18.7 Å². The summed E-state index contributed by atoms with van der Waals surface area (Å²) in [5.74, 6) is 2.06. The summed E-state index contributed by atoms with van der Waals surface area (Å²) in [5, 5.41) is 6.71. The number of guanidine groups is 1. The lowest BCUT2D eigenvalue weighted by molar-refractivity contribution is 0.127. The molecule has 0 atom stereocenters. The molecular weight excluding hydrogens is 342 g/mol. The minimum Gasteiger partial charge on any atom is -0.357 e. The van der Waals surface area contributed by atoms with Gasteiger partial charge in [-0.15, -0.1) is 0 Å². The predicted octanol–water partition coefficient (Wildman–Crippen LogP) is 2.11. The van der Waals surface area contributed by atoms with Crippen molar-refractivity contribution in [3.05, 3.63) is 35.9 Å². The van der Waals surface area contributed by atoms with E-state index in [2.05, 4.69) is 68.9 Å². The van der Waals surface area contributed by atoms with Gasteiger partial charge in [0.2, 0.25) is 0 Å². The molecule has 0 aromatic heterocycles. The second-order valence-corrected chi connectivity index (χ2v) is 7.62. The van der Waals surface area contributed by atoms with Gasteiger partial charge in [0, 0.05) is 64.7 Å². The number of nitrogens with one attached hydrogen (secondary N) is 2. The Balaban J connectivity index is 1.60. The van der Waals surface area contributed by atoms with Gasteiger partial charge in [-0.25, -0.2) is 0 Å². The van der Waals surface area contributed by atoms with Crippen molar-refractivity contribution in [1.82, 2.24) is 20.4 Å². The van der Waals surface area contributed by atoms with E-state index >= 15 is 0 Å². The van der Waals surface area contributed by atoms with Crippen LogP contribution >= 0.6 is 11.8 Å². The first-order valence-corrected chi connectivity index (χ1v) is 11.2. The summed E-state index contributed by atoms with van der Waals surface area (Å²) in [6, 6.07) is 10.8. The Labute approximate surface area is 163 Å². The lowest BCUT2D eigenvalue weighted by Crippen LogP contribution is -2.46. The third-order valence-electron chi connectivity index (χ3n) is 4.56. The molecule has 0 unspecified atom stereocenters. The highest BCUT2D eigenvalue weighted by atomic mass is 32.2. The maximum absolute atomic E-state index is 4.69. The van der Waals surface area contributed by atoms with E-state index in [1.807, 2.05) is 11.8 Å². The van der Waals surface area contributed by atoms with Gasteiger partial charge in [-0.05, 0) is 25.2 Å². The Kier molecular flexibility index (Phi) is 10.5. The standard InChI is InChI=1S/C20H35N5S/c1-3-21-20(23-11-17-26-2)22-10-7-12-24-13-15-25(16-14-24)18-19-8-5-4-6-9-19/h4-6,8-9H,3,7,10-18H2,1-2H3,(H2,21,22,23). The van der Waals surface area contributed by atoms with Crippen molar-refractivity contribution < 1.29 is 0 Å². The SMILES string of the molecule is CCNC(=NCCCN1CCN(Cc2ccccc2)CC1)NCCSC. The summed E-state index contributed by atoms with van der Waals surface area (Å²) in [4.78, 5) is 9.82. The number of benzene rings is 1. The lowest BCUT2D eigenvalue weighted by atomic mass is 10.2. The lowest BCUT2D eigenvalue weighted by Gasteiger charge is -2.34. The number of nitrogens with zero attached hydrogens (tertiary/aromatic N) is 3. The first-order chi connectivity index (χ1) is 12.8. The molecule has 0 radical (unpaired) electrons. The minimum atomic E-state index is 0.888. The molecule has 1 aliphatic rings. The maximum atomic E-state index is 4.69. The molecule has 2 N–H and O–H groups in total. The average Bonchev–Trinajstić information content (AvgIpc) is 2.67. The second-order valence-electron chi connectivity index (χ2n) is 6.64. The van der Waals surface area contributed by atoms with Gasteiger partial charge in [0.15, 0.2) is 5.96 Å². The number of piperazine rings is 1. The second kappa shape index (κ2) is 13.0. The molecule has 1 saturated heterocycles. The molecule has 0 bridgehead atoms. The summed E-state index contributed by atoms with van der Waals surface area (Å²) in [6.45, 7) is 11.8. The van der Waals surface area contributed by atoms with Crippen LogP contribution in [0.2, 0.25) is 0 Å². The van der Waals surface area contributed by atoms with Crippen molar-refractivity contribution in [2.45, 2.75) is 19.9 Å². The molecular formula is C20H35N5S. The van der Waals surface area contributed by atoms with Crippen LogP contribution in [0, 0.1) is 0 Å². The van der Waals surface area contributed by atoms with E-state index in [0.29, 0.717) is 0 Å². The van der Waals surface area contributed by atoms with Crippen LogP contribution in [0.15, 0.2) is 35.3 Å². The van der Waals surface area contributed by atoms with E-state index in [4.69, 9.17) is 0 Å². The molecule has 26 heavy (non-hydrogen) atoms. The molecule has 2 rings (SSSR count). The van der Waals surface area contributed by atoms with Crippen LogP contribution < -0.4 is 10.6 Å². The van der Waals surface area contributed by atoms with Crippen LogP contribution in [0.4, 0.5) is 0 Å². The molecule has 1 heterocycles. The van der Waals surface area contributed by atoms with Crippen molar-refractivity contribution in [3.8, 4) is 0 Å². The zero-order chi connectivity index (χ0) is 18.5. The topological polar surface area (TPSA) is 42.9 Å². The Morgan fingerprint density at radius 3 is 2.50 bits per heavy atom. The fourth-order valence-corrected chi connectivity index (χ4v) is 3.42. The van der Waals surface area contributed by atoms with Crippen LogP contribution in [0.3, 0.4) is 0 Å². The third-order valence-corrected chi connectivity index (χ3v) is 5.17. The Morgan fingerprint density at radius 2 is 1.81 bits per heavy atom. The van der Waals surface area contributed by atoms with Gasteiger partial charge in [-0.3, -0.25) is 9.89 Å². The average molecular weight is 378 g/mol. The molecule has 5 nitrogen and oxygen atoms in total. The van der Waals surface area contributed by atoms with E-state index < -0.39 is 0 Å². The van der Waals surface area contributed by atoms with E-state index in [1.54, 1.807) is 0 Å². The van der Waals surface area contributed by atoms with Gasteiger partial charge < -0.3 is 15.5 Å². The summed E-state index contributed by atoms with van der Waals surface area (Å²) < 4.78 is 0. The van der Waals surface area contributed by atoms with E-state index in [-0.39, 0.29) is 0 Å². The maximum Gasteiger partial charge on any atom is 0.191 e. The fraction of sp³-hybridized carbons (Fsp3) is 0.650. The minimum absolute atomic E-state index is 0.888. The van der Waals surface area contributed by atoms with Crippen LogP contribution in [-0.2, 0) is 6.54 Å². The highest BCUT2D eigenvalue weighted by Crippen LogP contribution is 2.08. The molecule has 1 aliphatic heterocycles. The Bertz CT molecular complexity index is 500. The molecule has 1 fully saturated rings. The van der Waals surface area contributed by atoms with Crippen molar-refractivity contribution in [2.24, 2.45) is 4.99 Å². The van der Waals surface area contributed by atoms with E-state index in [0.717, 1.165) is 63.9 Å². The highest BCUT2D eigenvalue weighted by molar-refractivity contribution is 7.98. The van der Waals surface area contributed by atoms with Gasteiger partial charge in [-0.2, -0.15) is 11.8 Å². The number of hydrogen-bond acceptors (Lipinski definition) is 4. The summed E-state index contributed by atoms with van der Waals surface area (Å²) in [7, 11) is 0. The smallest absolute Gasteiger partial charge is 0.191 e. The summed E-state index contributed by atoms with van der Waals surface area (Å²) in [6.07, 6.45) is 3.25. The van der Waals surface area contributed by atoms with Gasteiger partial charge in [-0.1, -0.05) is 30.3 Å². The summed E-state index contributed by atoms with van der Waals surface area (Å²) in [5.41, 5.74) is 1.42. The Hall–Kier alpha value is -1.24. The van der Waals surface area contributed by atoms with Crippen LogP contribution in [-0.4, -0.2) is 80.1 Å². The predicted molar refractivity (Wildman–Crippen MR) is 115 cm³/mol. The molecule has 1 aromatic rings. The first kappa shape index (κ1) is 21.1. The van der Waals surface area contributed by atoms with Crippen molar-refractivity contribution in [3.63, 3.8) is 0 Å². The van der Waals surface area contributed by atoms with Crippen molar-refractivity contribution in [1.29, 1.82) is 0 Å². The molecule has 146 valence electrons. The Morgan fingerprint density at radius 1 is 1.08 bits per heavy atom. The van der Waals surface area contributed by atoms with Gasteiger partial charge in [0.1, 0.15) is 0 Å². The molecule has 0 saturated carbocycles. The zero-order valence-corrected chi connectivity index (χ0v) is 17.2. The van der Waals surface area contributed by atoms with Crippen LogP contribution in [0.25, 0.3) is 0 Å². The quantitative estimate of drug-likeness (QED) is 0.371. The van der Waals surface area contributed by atoms with E-state index in [9.17, 15) is 0 Å². The van der Waals surface area contributed by atoms with Gasteiger partial charge >= 0.3 is 0 Å². The fourth-order valence-electron chi connectivity index (χ4n) is 3.11. The first-order valence-electron chi connectivity index (χ1n) is 9.81. The monoisotopic (exact) mass is 377 g/mol. The van der Waals surface area contributed by atoms with Gasteiger partial charge in [0.05, 0.1) is 0 Å². The number of aliphatic imine (C=N–C) groups is 1. The number of rotatable bonds is 10. The largest absolute Gasteiger partial charge is 0.357 e. The zero-order valence-electron chi connectivity index (χ0n) is 16.4. The molecule has 0 aliphatic carbocycles. The highest BCUT2D eigenvalue weighted by Gasteiger charge is 2.16. The number of hydrogen-bond donors (Lipinski definition) is 2. The summed E-state index contributed by atoms with van der Waals surface area (Å²) >= 11 is 1.85. The van der Waals surface area contributed by atoms with Crippen LogP contribution in [0.5, 0.6) is 0 Å². The third kappa shape index (κ3) is 8.43.